The number of methoxy groups -OCH3 is 1. The zero-order valence-corrected chi connectivity index (χ0v) is 10.7. The van der Waals surface area contributed by atoms with E-state index in [9.17, 15) is 0 Å². The van der Waals surface area contributed by atoms with E-state index in [1.54, 1.807) is 7.11 Å². The van der Waals surface area contributed by atoms with Crippen molar-refractivity contribution in [1.82, 2.24) is 4.98 Å². The fourth-order valence-corrected chi connectivity index (χ4v) is 1.65. The van der Waals surface area contributed by atoms with Gasteiger partial charge < -0.3 is 9.64 Å². The normalized spacial score (nSPS) is 10.2. The number of pyridine rings is 1. The first-order valence-corrected chi connectivity index (χ1v) is 6.09. The van der Waals surface area contributed by atoms with Gasteiger partial charge in [0.1, 0.15) is 5.82 Å². The maximum atomic E-state index is 5.63. The highest BCUT2D eigenvalue weighted by molar-refractivity contribution is 6.17. The number of hydrogen-bond donors (Lipinski definition) is 0. The van der Waals surface area contributed by atoms with E-state index in [0.29, 0.717) is 5.88 Å². The summed E-state index contributed by atoms with van der Waals surface area (Å²) in [6, 6.07) is 5.80. The number of alkyl halides is 1. The highest BCUT2D eigenvalue weighted by Crippen LogP contribution is 2.14. The summed E-state index contributed by atoms with van der Waals surface area (Å²) in [6.45, 7) is 0.997. The summed E-state index contributed by atoms with van der Waals surface area (Å²) in [4.78, 5) is 6.50. The Morgan fingerprint density at radius 2 is 2.12 bits per heavy atom. The van der Waals surface area contributed by atoms with Crippen molar-refractivity contribution >= 4 is 17.4 Å². The van der Waals surface area contributed by atoms with Crippen molar-refractivity contribution in [2.75, 3.05) is 31.5 Å². The molecule has 0 N–H and O–H groups in total. The van der Waals surface area contributed by atoms with Gasteiger partial charge >= 0.3 is 0 Å². The molecule has 0 saturated carbocycles. The van der Waals surface area contributed by atoms with Crippen molar-refractivity contribution in [3.05, 3.63) is 18.2 Å². The molecule has 1 aromatic rings. The summed E-state index contributed by atoms with van der Waals surface area (Å²) in [6.07, 6.45) is 3.39. The van der Waals surface area contributed by atoms with Crippen LogP contribution in [-0.4, -0.2) is 31.6 Å². The van der Waals surface area contributed by atoms with Gasteiger partial charge in [-0.25, -0.2) is 0 Å². The minimum atomic E-state index is 0.658. The third-order valence-corrected chi connectivity index (χ3v) is 2.70. The van der Waals surface area contributed by atoms with E-state index in [2.05, 4.69) is 9.88 Å². The zero-order chi connectivity index (χ0) is 11.8. The first-order valence-electron chi connectivity index (χ1n) is 5.56. The van der Waals surface area contributed by atoms with Crippen molar-refractivity contribution in [2.45, 2.75) is 19.3 Å². The van der Waals surface area contributed by atoms with Crippen molar-refractivity contribution in [2.24, 2.45) is 0 Å². The average molecular weight is 243 g/mol. The van der Waals surface area contributed by atoms with Gasteiger partial charge in [0.05, 0.1) is 7.11 Å². The molecular formula is C12H19ClN2O. The first kappa shape index (κ1) is 13.1. The molecule has 1 rings (SSSR count). The summed E-state index contributed by atoms with van der Waals surface area (Å²) in [7, 11) is 3.68. The van der Waals surface area contributed by atoms with Crippen LogP contribution in [0.2, 0.25) is 0 Å². The minimum absolute atomic E-state index is 0.658. The Morgan fingerprint density at radius 3 is 2.81 bits per heavy atom. The molecule has 0 aliphatic heterocycles. The fourth-order valence-electron chi connectivity index (χ4n) is 1.47. The molecule has 90 valence electrons. The van der Waals surface area contributed by atoms with Crippen LogP contribution in [0.1, 0.15) is 19.3 Å². The Kier molecular flexibility index (Phi) is 6.01. The molecule has 16 heavy (non-hydrogen) atoms. The topological polar surface area (TPSA) is 25.4 Å². The smallest absolute Gasteiger partial charge is 0.214 e. The van der Waals surface area contributed by atoms with E-state index in [4.69, 9.17) is 16.3 Å². The largest absolute Gasteiger partial charge is 0.481 e. The summed E-state index contributed by atoms with van der Waals surface area (Å²) < 4.78 is 5.09. The molecule has 0 bridgehead atoms. The second-order valence-electron chi connectivity index (χ2n) is 3.71. The fraction of sp³-hybridized carbons (Fsp3) is 0.583. The Labute approximate surface area is 102 Å². The maximum absolute atomic E-state index is 5.63. The summed E-state index contributed by atoms with van der Waals surface area (Å²) >= 11 is 5.63. The number of hydrogen-bond acceptors (Lipinski definition) is 3. The molecule has 0 aliphatic carbocycles. The number of nitrogens with zero attached hydrogens (tertiary/aromatic N) is 2. The summed E-state index contributed by atoms with van der Waals surface area (Å²) in [5.41, 5.74) is 0. The van der Waals surface area contributed by atoms with Crippen LogP contribution < -0.4 is 9.64 Å². The average Bonchev–Trinajstić information content (AvgIpc) is 2.34. The van der Waals surface area contributed by atoms with Crippen molar-refractivity contribution in [1.29, 1.82) is 0 Å². The van der Waals surface area contributed by atoms with Gasteiger partial charge in [0.25, 0.3) is 0 Å². The van der Waals surface area contributed by atoms with E-state index >= 15 is 0 Å². The van der Waals surface area contributed by atoms with Crippen molar-refractivity contribution in [3.63, 3.8) is 0 Å². The molecule has 0 unspecified atom stereocenters. The predicted molar refractivity (Wildman–Crippen MR) is 68.6 cm³/mol. The van der Waals surface area contributed by atoms with E-state index in [1.807, 2.05) is 25.2 Å². The van der Waals surface area contributed by atoms with Gasteiger partial charge in [0.15, 0.2) is 0 Å². The number of aromatic nitrogens is 1. The van der Waals surface area contributed by atoms with Crippen LogP contribution in [0, 0.1) is 0 Å². The molecule has 0 radical (unpaired) electrons. The highest BCUT2D eigenvalue weighted by atomic mass is 35.5. The second-order valence-corrected chi connectivity index (χ2v) is 4.09. The number of halogens is 1. The quantitative estimate of drug-likeness (QED) is 0.543. The summed E-state index contributed by atoms with van der Waals surface area (Å²) in [5.74, 6) is 2.36. The summed E-state index contributed by atoms with van der Waals surface area (Å²) in [5, 5.41) is 0. The van der Waals surface area contributed by atoms with E-state index in [-0.39, 0.29) is 0 Å². The molecule has 4 heteroatoms. The number of unbranched alkanes of at least 4 members (excludes halogenated alkanes) is 2. The second kappa shape index (κ2) is 7.34. The Balaban J connectivity index is 2.42. The van der Waals surface area contributed by atoms with Crippen LogP contribution in [0.4, 0.5) is 5.82 Å². The predicted octanol–water partition coefficient (Wildman–Crippen LogP) is 2.94. The van der Waals surface area contributed by atoms with Crippen LogP contribution in [0.15, 0.2) is 18.2 Å². The number of ether oxygens (including phenoxy) is 1. The lowest BCUT2D eigenvalue weighted by atomic mass is 10.2. The monoisotopic (exact) mass is 242 g/mol. The molecule has 3 nitrogen and oxygen atoms in total. The van der Waals surface area contributed by atoms with Crippen LogP contribution in [0.3, 0.4) is 0 Å². The molecule has 0 aliphatic rings. The van der Waals surface area contributed by atoms with Crippen LogP contribution in [0.5, 0.6) is 5.88 Å². The SMILES string of the molecule is COc1cccc(N(C)CCCCCCl)n1. The van der Waals surface area contributed by atoms with Crippen LogP contribution >= 0.6 is 11.6 Å². The molecule has 0 amide bonds. The molecule has 0 fully saturated rings. The van der Waals surface area contributed by atoms with Crippen molar-refractivity contribution in [3.8, 4) is 5.88 Å². The zero-order valence-electron chi connectivity index (χ0n) is 9.95. The van der Waals surface area contributed by atoms with Gasteiger partial charge in [-0.05, 0) is 18.9 Å². The minimum Gasteiger partial charge on any atom is -0.481 e. The maximum Gasteiger partial charge on any atom is 0.214 e. The Morgan fingerprint density at radius 1 is 1.31 bits per heavy atom. The lowest BCUT2D eigenvalue weighted by molar-refractivity contribution is 0.398. The number of anilines is 1. The van der Waals surface area contributed by atoms with E-state index in [1.165, 1.54) is 0 Å². The van der Waals surface area contributed by atoms with Crippen LogP contribution in [-0.2, 0) is 0 Å². The highest BCUT2D eigenvalue weighted by Gasteiger charge is 2.03. The van der Waals surface area contributed by atoms with Gasteiger partial charge in [-0.15, -0.1) is 11.6 Å². The van der Waals surface area contributed by atoms with Gasteiger partial charge in [-0.1, -0.05) is 12.5 Å². The molecule has 0 aromatic carbocycles. The lowest BCUT2D eigenvalue weighted by Gasteiger charge is -2.18. The number of rotatable bonds is 7. The lowest BCUT2D eigenvalue weighted by Crippen LogP contribution is -2.19. The van der Waals surface area contributed by atoms with Crippen LogP contribution in [0.25, 0.3) is 0 Å². The van der Waals surface area contributed by atoms with E-state index in [0.717, 1.165) is 37.5 Å². The molecule has 0 spiro atoms. The standard InChI is InChI=1S/C12H19ClN2O/c1-15(10-5-3-4-9-13)11-7-6-8-12(14-11)16-2/h6-8H,3-5,9-10H2,1-2H3. The van der Waals surface area contributed by atoms with E-state index < -0.39 is 0 Å². The van der Waals surface area contributed by atoms with Gasteiger partial charge in [-0.3, -0.25) is 0 Å². The first-order chi connectivity index (χ1) is 7.77. The molecule has 1 heterocycles. The van der Waals surface area contributed by atoms with Gasteiger partial charge in [0, 0.05) is 25.5 Å². The third-order valence-electron chi connectivity index (χ3n) is 2.44. The third kappa shape index (κ3) is 4.27. The van der Waals surface area contributed by atoms with Crippen molar-refractivity contribution < 1.29 is 4.74 Å². The van der Waals surface area contributed by atoms with Gasteiger partial charge in [0.2, 0.25) is 5.88 Å². The molecular weight excluding hydrogens is 224 g/mol. The molecule has 1 aromatic heterocycles. The molecule has 0 atom stereocenters. The Hall–Kier alpha value is -0.960. The Bertz CT molecular complexity index is 307. The van der Waals surface area contributed by atoms with Gasteiger partial charge in [-0.2, -0.15) is 4.98 Å². The molecule has 0 saturated heterocycles.